The number of amides is 1. The van der Waals surface area contributed by atoms with Gasteiger partial charge >= 0.3 is 0 Å². The molecule has 1 fully saturated rings. The Bertz CT molecular complexity index is 439. The lowest BCUT2D eigenvalue weighted by molar-refractivity contribution is 0.0676. The Morgan fingerprint density at radius 1 is 1.59 bits per heavy atom. The van der Waals surface area contributed by atoms with Crippen molar-refractivity contribution in [3.05, 3.63) is 34.1 Å². The third-order valence-corrected chi connectivity index (χ3v) is 3.67. The summed E-state index contributed by atoms with van der Waals surface area (Å²) in [7, 11) is 0. The van der Waals surface area contributed by atoms with Crippen molar-refractivity contribution in [1.82, 2.24) is 4.90 Å². The number of benzene rings is 1. The van der Waals surface area contributed by atoms with Crippen LogP contribution < -0.4 is 0 Å². The number of hydrogen-bond donors (Lipinski definition) is 1. The lowest BCUT2D eigenvalue weighted by atomic mass is 10.1. The zero-order chi connectivity index (χ0) is 12.4. The number of rotatable bonds is 2. The van der Waals surface area contributed by atoms with Crippen LogP contribution in [-0.4, -0.2) is 35.1 Å². The van der Waals surface area contributed by atoms with Crippen LogP contribution in [0.4, 0.5) is 4.39 Å². The van der Waals surface area contributed by atoms with E-state index in [-0.39, 0.29) is 24.4 Å². The highest BCUT2D eigenvalue weighted by molar-refractivity contribution is 9.10. The molecule has 3 nitrogen and oxygen atoms in total. The van der Waals surface area contributed by atoms with E-state index in [0.717, 1.165) is 12.8 Å². The van der Waals surface area contributed by atoms with Crippen LogP contribution in [0.1, 0.15) is 23.2 Å². The molecule has 0 saturated carbocycles. The Hall–Kier alpha value is -0.940. The summed E-state index contributed by atoms with van der Waals surface area (Å²) in [6.45, 7) is 0.623. The SMILES string of the molecule is O=C(c1ccc(F)cc1Br)N1CCC[C@H]1CO. The average Bonchev–Trinajstić information content (AvgIpc) is 2.76. The van der Waals surface area contributed by atoms with E-state index in [0.29, 0.717) is 16.6 Å². The van der Waals surface area contributed by atoms with E-state index in [1.807, 2.05) is 0 Å². The number of likely N-dealkylation sites (tertiary alicyclic amines) is 1. The predicted molar refractivity (Wildman–Crippen MR) is 65.2 cm³/mol. The molecule has 1 aliphatic heterocycles. The summed E-state index contributed by atoms with van der Waals surface area (Å²) in [6.07, 6.45) is 1.72. The number of hydrogen-bond acceptors (Lipinski definition) is 2. The van der Waals surface area contributed by atoms with Crippen molar-refractivity contribution in [2.75, 3.05) is 13.2 Å². The third-order valence-electron chi connectivity index (χ3n) is 3.01. The summed E-state index contributed by atoms with van der Waals surface area (Å²) >= 11 is 3.19. The summed E-state index contributed by atoms with van der Waals surface area (Å²) < 4.78 is 13.4. The van der Waals surface area contributed by atoms with Crippen molar-refractivity contribution >= 4 is 21.8 Å². The van der Waals surface area contributed by atoms with E-state index in [4.69, 9.17) is 0 Å². The summed E-state index contributed by atoms with van der Waals surface area (Å²) in [5.74, 6) is -0.540. The lowest BCUT2D eigenvalue weighted by Crippen LogP contribution is -2.37. The number of aliphatic hydroxyl groups is 1. The Morgan fingerprint density at radius 2 is 2.35 bits per heavy atom. The van der Waals surface area contributed by atoms with Crippen molar-refractivity contribution in [3.8, 4) is 0 Å². The van der Waals surface area contributed by atoms with Crippen LogP contribution in [0.5, 0.6) is 0 Å². The molecule has 1 N–H and O–H groups in total. The first kappa shape index (κ1) is 12.5. The largest absolute Gasteiger partial charge is 0.394 e. The quantitative estimate of drug-likeness (QED) is 0.910. The molecule has 17 heavy (non-hydrogen) atoms. The maximum Gasteiger partial charge on any atom is 0.255 e. The van der Waals surface area contributed by atoms with Gasteiger partial charge in [-0.25, -0.2) is 4.39 Å². The Labute approximate surface area is 107 Å². The third kappa shape index (κ3) is 2.50. The first-order valence-electron chi connectivity index (χ1n) is 5.50. The maximum atomic E-state index is 12.9. The molecule has 92 valence electrons. The van der Waals surface area contributed by atoms with Gasteiger partial charge in [0.15, 0.2) is 0 Å². The molecule has 0 aliphatic carbocycles. The van der Waals surface area contributed by atoms with Crippen LogP contribution in [0.15, 0.2) is 22.7 Å². The Balaban J connectivity index is 2.24. The highest BCUT2D eigenvalue weighted by Gasteiger charge is 2.29. The van der Waals surface area contributed by atoms with E-state index >= 15 is 0 Å². The van der Waals surface area contributed by atoms with Crippen LogP contribution in [0, 0.1) is 5.82 Å². The van der Waals surface area contributed by atoms with Gasteiger partial charge in [-0.2, -0.15) is 0 Å². The minimum absolute atomic E-state index is 0.0233. The molecule has 1 aliphatic rings. The molecular formula is C12H13BrFNO2. The van der Waals surface area contributed by atoms with Crippen LogP contribution in [-0.2, 0) is 0 Å². The monoisotopic (exact) mass is 301 g/mol. The highest BCUT2D eigenvalue weighted by Crippen LogP contribution is 2.24. The summed E-state index contributed by atoms with van der Waals surface area (Å²) in [5.41, 5.74) is 0.437. The molecule has 1 aromatic rings. The van der Waals surface area contributed by atoms with Crippen molar-refractivity contribution in [3.63, 3.8) is 0 Å². The molecule has 0 radical (unpaired) electrons. The molecule has 5 heteroatoms. The second-order valence-electron chi connectivity index (χ2n) is 4.10. The fourth-order valence-electron chi connectivity index (χ4n) is 2.11. The number of nitrogens with zero attached hydrogens (tertiary/aromatic N) is 1. The zero-order valence-corrected chi connectivity index (χ0v) is 10.8. The molecule has 1 aromatic carbocycles. The minimum atomic E-state index is -0.381. The first-order valence-corrected chi connectivity index (χ1v) is 6.29. The van der Waals surface area contributed by atoms with Crippen LogP contribution in [0.3, 0.4) is 0 Å². The molecule has 1 heterocycles. The van der Waals surface area contributed by atoms with Gasteiger partial charge in [0, 0.05) is 11.0 Å². The van der Waals surface area contributed by atoms with E-state index in [2.05, 4.69) is 15.9 Å². The second kappa shape index (κ2) is 5.14. The Morgan fingerprint density at radius 3 is 3.00 bits per heavy atom. The number of carbonyl (C=O) groups is 1. The van der Waals surface area contributed by atoms with Gasteiger partial charge in [-0.05, 0) is 47.0 Å². The van der Waals surface area contributed by atoms with Crippen molar-refractivity contribution < 1.29 is 14.3 Å². The van der Waals surface area contributed by atoms with Gasteiger partial charge in [-0.3, -0.25) is 4.79 Å². The molecule has 0 aromatic heterocycles. The van der Waals surface area contributed by atoms with Crippen molar-refractivity contribution in [2.45, 2.75) is 18.9 Å². The molecule has 1 atom stereocenters. The fraction of sp³-hybridized carbons (Fsp3) is 0.417. The summed E-state index contributed by atoms with van der Waals surface area (Å²) in [5, 5.41) is 9.18. The number of aliphatic hydroxyl groups excluding tert-OH is 1. The van der Waals surface area contributed by atoms with E-state index in [1.54, 1.807) is 4.90 Å². The molecule has 2 rings (SSSR count). The lowest BCUT2D eigenvalue weighted by Gasteiger charge is -2.23. The zero-order valence-electron chi connectivity index (χ0n) is 9.20. The Kier molecular flexibility index (Phi) is 3.79. The maximum absolute atomic E-state index is 12.9. The molecule has 0 spiro atoms. The van der Waals surface area contributed by atoms with Gasteiger partial charge in [0.05, 0.1) is 18.2 Å². The van der Waals surface area contributed by atoms with Gasteiger partial charge in [-0.1, -0.05) is 0 Å². The van der Waals surface area contributed by atoms with E-state index < -0.39 is 0 Å². The van der Waals surface area contributed by atoms with Gasteiger partial charge in [-0.15, -0.1) is 0 Å². The standard InChI is InChI=1S/C12H13BrFNO2/c13-11-6-8(14)3-4-10(11)12(17)15-5-1-2-9(15)7-16/h3-4,6,9,16H,1-2,5,7H2/t9-/m0/s1. The molecular weight excluding hydrogens is 289 g/mol. The first-order chi connectivity index (χ1) is 8.13. The van der Waals surface area contributed by atoms with Gasteiger partial charge in [0.25, 0.3) is 5.91 Å². The van der Waals surface area contributed by atoms with Gasteiger partial charge in [0.2, 0.25) is 0 Å². The van der Waals surface area contributed by atoms with Crippen LogP contribution in [0.2, 0.25) is 0 Å². The summed E-state index contributed by atoms with van der Waals surface area (Å²) in [6, 6.07) is 3.90. The molecule has 1 saturated heterocycles. The molecule has 1 amide bonds. The molecule has 0 bridgehead atoms. The second-order valence-corrected chi connectivity index (χ2v) is 4.96. The molecule has 0 unspecified atom stereocenters. The van der Waals surface area contributed by atoms with E-state index in [1.165, 1.54) is 18.2 Å². The average molecular weight is 302 g/mol. The summed E-state index contributed by atoms with van der Waals surface area (Å²) in [4.78, 5) is 13.9. The normalized spacial score (nSPS) is 19.7. The number of halogens is 2. The number of carbonyl (C=O) groups excluding carboxylic acids is 1. The van der Waals surface area contributed by atoms with Gasteiger partial charge in [0.1, 0.15) is 5.82 Å². The van der Waals surface area contributed by atoms with Crippen molar-refractivity contribution in [2.24, 2.45) is 0 Å². The predicted octanol–water partition coefficient (Wildman–Crippen LogP) is 2.19. The van der Waals surface area contributed by atoms with Crippen molar-refractivity contribution in [1.29, 1.82) is 0 Å². The van der Waals surface area contributed by atoms with Crippen LogP contribution >= 0.6 is 15.9 Å². The van der Waals surface area contributed by atoms with E-state index in [9.17, 15) is 14.3 Å². The van der Waals surface area contributed by atoms with Gasteiger partial charge < -0.3 is 10.0 Å². The topological polar surface area (TPSA) is 40.5 Å². The van der Waals surface area contributed by atoms with Crippen LogP contribution in [0.25, 0.3) is 0 Å². The minimum Gasteiger partial charge on any atom is -0.394 e. The smallest absolute Gasteiger partial charge is 0.255 e. The fourth-order valence-corrected chi connectivity index (χ4v) is 2.63. The highest BCUT2D eigenvalue weighted by atomic mass is 79.9.